The van der Waals surface area contributed by atoms with Gasteiger partial charge >= 0.3 is 0 Å². The van der Waals surface area contributed by atoms with Crippen LogP contribution in [0.15, 0.2) is 54.5 Å². The van der Waals surface area contributed by atoms with Crippen molar-refractivity contribution in [2.24, 2.45) is 5.73 Å². The van der Waals surface area contributed by atoms with Crippen molar-refractivity contribution in [2.45, 2.75) is 19.4 Å². The number of para-hydroxylation sites is 1. The van der Waals surface area contributed by atoms with Crippen LogP contribution < -0.4 is 10.5 Å². The summed E-state index contributed by atoms with van der Waals surface area (Å²) in [5.41, 5.74) is 6.68. The molecule has 3 heteroatoms. The normalized spacial score (nSPS) is 15.2. The van der Waals surface area contributed by atoms with Gasteiger partial charge in [0.15, 0.2) is 0 Å². The molecule has 2 aromatic rings. The number of hydrogen-bond acceptors (Lipinski definition) is 2. The summed E-state index contributed by atoms with van der Waals surface area (Å²) in [4.78, 5) is 0. The van der Waals surface area contributed by atoms with Crippen LogP contribution in [0.2, 0.25) is 0 Å². The summed E-state index contributed by atoms with van der Waals surface area (Å²) in [6.07, 6.45) is -0.350. The largest absolute Gasteiger partial charge is 0.485 e. The van der Waals surface area contributed by atoms with Gasteiger partial charge in [-0.1, -0.05) is 48.4 Å². The fourth-order valence-electron chi connectivity index (χ4n) is 1.68. The van der Waals surface area contributed by atoms with Gasteiger partial charge in [-0.05, 0) is 30.7 Å². The Bertz CT molecular complexity index is 697. The third-order valence-electron chi connectivity index (χ3n) is 2.63. The molecule has 2 nitrogen and oxygen atoms in total. The Morgan fingerprint density at radius 3 is 2.53 bits per heavy atom. The lowest BCUT2D eigenvalue weighted by atomic mass is 10.1. The summed E-state index contributed by atoms with van der Waals surface area (Å²) < 4.78 is 45.3. The van der Waals surface area contributed by atoms with E-state index in [9.17, 15) is 0 Å². The predicted octanol–water partition coefficient (Wildman–Crippen LogP) is 3.89. The Balaban J connectivity index is 0.00000288. The first kappa shape index (κ1) is 9.40. The second kappa shape index (κ2) is 7.82. The first-order valence-corrected chi connectivity index (χ1v) is 5.87. The highest BCUT2D eigenvalue weighted by atomic mass is 35.5. The Labute approximate surface area is 128 Å². The fourth-order valence-corrected chi connectivity index (χ4v) is 1.68. The van der Waals surface area contributed by atoms with E-state index in [0.717, 1.165) is 5.56 Å². The number of benzene rings is 2. The minimum Gasteiger partial charge on any atom is -0.485 e. The number of rotatable bonds is 5. The number of ether oxygens (including phenoxy) is 1. The molecule has 0 amide bonds. The van der Waals surface area contributed by atoms with Crippen molar-refractivity contribution >= 4 is 12.4 Å². The highest BCUT2D eigenvalue weighted by Gasteiger charge is 2.13. The predicted molar refractivity (Wildman–Crippen MR) is 81.9 cm³/mol. The van der Waals surface area contributed by atoms with Crippen LogP contribution in [-0.2, 0) is 0 Å². The molecule has 0 aliphatic heterocycles. The molecule has 0 heterocycles. The maximum atomic E-state index is 8.07. The van der Waals surface area contributed by atoms with Gasteiger partial charge in [0.1, 0.15) is 11.9 Å². The van der Waals surface area contributed by atoms with Gasteiger partial charge in [0.25, 0.3) is 0 Å². The van der Waals surface area contributed by atoms with Crippen LogP contribution in [-0.4, -0.2) is 6.54 Å². The number of hydrogen-bond donors (Lipinski definition) is 1. The van der Waals surface area contributed by atoms with Crippen LogP contribution >= 0.6 is 12.4 Å². The highest BCUT2D eigenvalue weighted by Crippen LogP contribution is 2.26. The Morgan fingerprint density at radius 2 is 1.89 bits per heavy atom. The average molecular weight is 283 g/mol. The fraction of sp³-hybridized carbons (Fsp3) is 0.250. The van der Waals surface area contributed by atoms with E-state index in [-0.39, 0.29) is 48.7 Å². The van der Waals surface area contributed by atoms with Gasteiger partial charge in [-0.3, -0.25) is 0 Å². The molecular weight excluding hydrogens is 258 g/mol. The quantitative estimate of drug-likeness (QED) is 0.903. The van der Waals surface area contributed by atoms with Crippen LogP contribution in [0.4, 0.5) is 0 Å². The molecule has 0 aromatic heterocycles. The summed E-state index contributed by atoms with van der Waals surface area (Å²) >= 11 is 0. The van der Waals surface area contributed by atoms with Crippen molar-refractivity contribution in [1.82, 2.24) is 0 Å². The molecule has 0 aliphatic rings. The molecule has 0 radical (unpaired) electrons. The van der Waals surface area contributed by atoms with Crippen molar-refractivity contribution < 1.29 is 11.6 Å². The molecule has 2 rings (SSSR count). The number of aryl methyl sites for hydroxylation is 1. The maximum absolute atomic E-state index is 8.07. The smallest absolute Gasteiger partial charge is 0.125 e. The lowest BCUT2D eigenvalue weighted by molar-refractivity contribution is 0.196. The van der Waals surface area contributed by atoms with Crippen LogP contribution in [0.5, 0.6) is 5.75 Å². The van der Waals surface area contributed by atoms with E-state index in [1.807, 2.05) is 25.1 Å². The van der Waals surface area contributed by atoms with Crippen molar-refractivity contribution in [3.8, 4) is 5.75 Å². The topological polar surface area (TPSA) is 35.2 Å². The Hall–Kier alpha value is -1.51. The molecule has 19 heavy (non-hydrogen) atoms. The van der Waals surface area contributed by atoms with E-state index >= 15 is 0 Å². The molecular formula is C16H20ClNO. The SMILES string of the molecule is Cl.[2H]c1c([2H])c([2H])c(C(CCN)Oc2ccccc2C)c([2H])c1[2H]. The van der Waals surface area contributed by atoms with Gasteiger partial charge in [-0.2, -0.15) is 0 Å². The van der Waals surface area contributed by atoms with E-state index < -0.39 is 12.1 Å². The molecule has 0 saturated heterocycles. The average Bonchev–Trinajstić information content (AvgIpc) is 2.53. The zero-order valence-electron chi connectivity index (χ0n) is 15.7. The molecule has 0 bridgehead atoms. The van der Waals surface area contributed by atoms with Gasteiger partial charge in [0.05, 0.1) is 6.85 Å². The van der Waals surface area contributed by atoms with Crippen molar-refractivity contribution in [3.05, 3.63) is 65.6 Å². The van der Waals surface area contributed by atoms with E-state index in [1.54, 1.807) is 6.07 Å². The van der Waals surface area contributed by atoms with Crippen molar-refractivity contribution in [1.29, 1.82) is 0 Å². The molecule has 2 aromatic carbocycles. The van der Waals surface area contributed by atoms with Crippen LogP contribution in [0, 0.1) is 6.92 Å². The molecule has 1 unspecified atom stereocenters. The van der Waals surface area contributed by atoms with Crippen LogP contribution in [0.25, 0.3) is 0 Å². The summed E-state index contributed by atoms with van der Waals surface area (Å²) in [5, 5.41) is 0. The van der Waals surface area contributed by atoms with Crippen molar-refractivity contribution in [2.75, 3.05) is 6.54 Å². The first-order chi connectivity index (χ1) is 10.9. The Kier molecular flexibility index (Phi) is 3.87. The van der Waals surface area contributed by atoms with E-state index in [0.29, 0.717) is 12.2 Å². The van der Waals surface area contributed by atoms with Crippen LogP contribution in [0.1, 0.15) is 30.5 Å². The lowest BCUT2D eigenvalue weighted by Gasteiger charge is -2.20. The van der Waals surface area contributed by atoms with Crippen LogP contribution in [0.3, 0.4) is 0 Å². The molecule has 2 N–H and O–H groups in total. The monoisotopic (exact) mass is 282 g/mol. The minimum absolute atomic E-state index is 0. The molecule has 1 atom stereocenters. The Morgan fingerprint density at radius 1 is 1.21 bits per heavy atom. The summed E-state index contributed by atoms with van der Waals surface area (Å²) in [5.74, 6) is 0.609. The second-order valence-electron chi connectivity index (χ2n) is 3.99. The van der Waals surface area contributed by atoms with Gasteiger partial charge in [0.2, 0.25) is 0 Å². The second-order valence-corrected chi connectivity index (χ2v) is 3.99. The summed E-state index contributed by atoms with van der Waals surface area (Å²) in [7, 11) is 0. The maximum Gasteiger partial charge on any atom is 0.125 e. The number of halogens is 1. The lowest BCUT2D eigenvalue weighted by Crippen LogP contribution is -2.13. The zero-order chi connectivity index (χ0) is 17.1. The van der Waals surface area contributed by atoms with E-state index in [2.05, 4.69) is 0 Å². The summed E-state index contributed by atoms with van der Waals surface area (Å²) in [6.45, 7) is 2.16. The third-order valence-corrected chi connectivity index (χ3v) is 2.63. The zero-order valence-corrected chi connectivity index (χ0v) is 11.5. The first-order valence-electron chi connectivity index (χ1n) is 8.37. The molecule has 0 saturated carbocycles. The molecule has 0 aliphatic carbocycles. The molecule has 0 fully saturated rings. The number of nitrogens with two attached hydrogens (primary N) is 1. The van der Waals surface area contributed by atoms with Gasteiger partial charge in [0, 0.05) is 6.42 Å². The van der Waals surface area contributed by atoms with Crippen molar-refractivity contribution in [3.63, 3.8) is 0 Å². The molecule has 0 spiro atoms. The minimum atomic E-state index is -0.699. The van der Waals surface area contributed by atoms with Gasteiger partial charge in [-0.15, -0.1) is 12.4 Å². The van der Waals surface area contributed by atoms with E-state index in [4.69, 9.17) is 17.3 Å². The summed E-state index contributed by atoms with van der Waals surface area (Å²) in [6, 6.07) is 5.74. The van der Waals surface area contributed by atoms with Gasteiger partial charge in [-0.25, -0.2) is 0 Å². The molecule has 102 valence electrons. The standard InChI is InChI=1S/C16H19NO.ClH/c1-13-7-5-6-10-15(13)18-16(11-12-17)14-8-3-2-4-9-14;/h2-10,16H,11-12,17H2,1H3;1H/i2D,3D,4D,8D,9D;. The van der Waals surface area contributed by atoms with Gasteiger partial charge < -0.3 is 10.5 Å². The third kappa shape index (κ3) is 4.27. The van der Waals surface area contributed by atoms with E-state index in [1.165, 1.54) is 0 Å². The highest BCUT2D eigenvalue weighted by molar-refractivity contribution is 5.85.